The van der Waals surface area contributed by atoms with Gasteiger partial charge in [0.15, 0.2) is 0 Å². The lowest BCUT2D eigenvalue weighted by atomic mass is 10.2. The zero-order chi connectivity index (χ0) is 20.1. The van der Waals surface area contributed by atoms with Crippen LogP contribution in [0.2, 0.25) is 0 Å². The number of aromatic nitrogens is 3. The minimum absolute atomic E-state index is 0.0569. The van der Waals surface area contributed by atoms with Crippen LogP contribution in [-0.2, 0) is 9.53 Å². The molecule has 1 fully saturated rings. The van der Waals surface area contributed by atoms with Crippen LogP contribution >= 0.6 is 0 Å². The topological polar surface area (TPSA) is 126 Å². The van der Waals surface area contributed by atoms with Crippen molar-refractivity contribution in [1.29, 1.82) is 0 Å². The molecule has 2 heterocycles. The van der Waals surface area contributed by atoms with Crippen molar-refractivity contribution in [2.45, 2.75) is 39.5 Å². The molecule has 1 saturated carbocycles. The lowest BCUT2D eigenvalue weighted by Gasteiger charge is -2.10. The van der Waals surface area contributed by atoms with Crippen LogP contribution in [0.25, 0.3) is 0 Å². The number of rotatable bonds is 8. The van der Waals surface area contributed by atoms with Gasteiger partial charge in [0.25, 0.3) is 5.56 Å². The van der Waals surface area contributed by atoms with Crippen molar-refractivity contribution in [3.05, 3.63) is 40.1 Å². The van der Waals surface area contributed by atoms with Crippen LogP contribution in [0.5, 0.6) is 0 Å². The van der Waals surface area contributed by atoms with E-state index in [1.165, 1.54) is 6.33 Å². The average Bonchev–Trinajstić information content (AvgIpc) is 3.50. The van der Waals surface area contributed by atoms with Crippen molar-refractivity contribution in [3.8, 4) is 0 Å². The molecule has 9 nitrogen and oxygen atoms in total. The van der Waals surface area contributed by atoms with Crippen LogP contribution < -0.4 is 16.2 Å². The number of H-pyrrole nitrogens is 1. The lowest BCUT2D eigenvalue weighted by Crippen LogP contribution is -2.20. The Morgan fingerprint density at radius 2 is 2.00 bits per heavy atom. The molecule has 2 aromatic rings. The number of nitrogens with zero attached hydrogens (tertiary/aromatic N) is 2. The number of carbonyl (C=O) groups is 2. The fourth-order valence-corrected chi connectivity index (χ4v) is 2.53. The second-order valence-corrected chi connectivity index (χ2v) is 6.74. The van der Waals surface area contributed by atoms with Crippen molar-refractivity contribution in [2.24, 2.45) is 5.92 Å². The molecule has 28 heavy (non-hydrogen) atoms. The van der Waals surface area contributed by atoms with E-state index in [4.69, 9.17) is 4.74 Å². The second-order valence-electron chi connectivity index (χ2n) is 6.74. The molecule has 2 aromatic heterocycles. The molecule has 3 N–H and O–H groups in total. The molecule has 3 rings (SSSR count). The van der Waals surface area contributed by atoms with Crippen LogP contribution in [0.3, 0.4) is 0 Å². The molecule has 0 aromatic carbocycles. The molecule has 1 aliphatic carbocycles. The van der Waals surface area contributed by atoms with E-state index >= 15 is 0 Å². The summed E-state index contributed by atoms with van der Waals surface area (Å²) in [6.07, 6.45) is 4.76. The normalized spacial score (nSPS) is 13.1. The summed E-state index contributed by atoms with van der Waals surface area (Å²) in [6, 6.07) is 3.10. The van der Waals surface area contributed by atoms with Crippen LogP contribution in [0.15, 0.2) is 23.3 Å². The fraction of sp³-hybridized carbons (Fsp3) is 0.421. The van der Waals surface area contributed by atoms with E-state index in [-0.39, 0.29) is 23.2 Å². The van der Waals surface area contributed by atoms with Gasteiger partial charge in [-0.05, 0) is 37.8 Å². The first-order valence-corrected chi connectivity index (χ1v) is 9.29. The van der Waals surface area contributed by atoms with Gasteiger partial charge in [-0.25, -0.2) is 14.8 Å². The Morgan fingerprint density at radius 3 is 2.71 bits per heavy atom. The van der Waals surface area contributed by atoms with E-state index in [9.17, 15) is 14.4 Å². The number of unbranched alkanes of at least 4 members (excludes halogenated alkanes) is 1. The van der Waals surface area contributed by atoms with E-state index in [0.717, 1.165) is 25.7 Å². The summed E-state index contributed by atoms with van der Waals surface area (Å²) in [7, 11) is 0. The number of pyridine rings is 1. The van der Waals surface area contributed by atoms with Gasteiger partial charge in [-0.2, -0.15) is 0 Å². The molecule has 148 valence electrons. The Bertz CT molecular complexity index is 936. The maximum Gasteiger partial charge on any atom is 0.355 e. The Hall–Kier alpha value is -3.23. The first kappa shape index (κ1) is 19.5. The third kappa shape index (κ3) is 4.93. The number of anilines is 3. The summed E-state index contributed by atoms with van der Waals surface area (Å²) in [4.78, 5) is 46.9. The van der Waals surface area contributed by atoms with Gasteiger partial charge in [-0.3, -0.25) is 9.59 Å². The number of aryl methyl sites for hydroxylation is 1. The second kappa shape index (κ2) is 8.64. The minimum Gasteiger partial charge on any atom is -0.461 e. The largest absolute Gasteiger partial charge is 0.461 e. The third-order valence-electron chi connectivity index (χ3n) is 4.30. The Kier molecular flexibility index (Phi) is 6.03. The number of nitrogens with one attached hydrogen (secondary N) is 3. The molecular formula is C19H23N5O4. The number of carbonyl (C=O) groups excluding carboxylic acids is 2. The first-order valence-electron chi connectivity index (χ1n) is 9.29. The SMILES string of the molecule is CCCCOC(=O)c1[nH]c(=O)c(Nc2cc(NC(=O)C3CC3)ncn2)cc1C. The van der Waals surface area contributed by atoms with Crippen LogP contribution in [0.4, 0.5) is 17.3 Å². The van der Waals surface area contributed by atoms with Crippen LogP contribution in [0, 0.1) is 12.8 Å². The monoisotopic (exact) mass is 385 g/mol. The maximum atomic E-state index is 12.4. The zero-order valence-corrected chi connectivity index (χ0v) is 15.9. The van der Waals surface area contributed by atoms with Crippen molar-refractivity contribution >= 4 is 29.2 Å². The molecular weight excluding hydrogens is 362 g/mol. The number of hydrogen-bond acceptors (Lipinski definition) is 7. The summed E-state index contributed by atoms with van der Waals surface area (Å²) >= 11 is 0. The number of hydrogen-bond donors (Lipinski definition) is 3. The molecule has 0 spiro atoms. The predicted octanol–water partition coefficient (Wildman–Crippen LogP) is 2.52. The minimum atomic E-state index is -0.554. The van der Waals surface area contributed by atoms with Gasteiger partial charge in [0.05, 0.1) is 6.61 Å². The summed E-state index contributed by atoms with van der Waals surface area (Å²) in [5, 5.41) is 5.62. The number of ether oxygens (including phenoxy) is 1. The van der Waals surface area contributed by atoms with E-state index in [1.807, 2.05) is 6.92 Å². The Morgan fingerprint density at radius 1 is 1.25 bits per heavy atom. The van der Waals surface area contributed by atoms with Gasteiger partial charge in [0, 0.05) is 12.0 Å². The number of amides is 1. The summed E-state index contributed by atoms with van der Waals surface area (Å²) in [6.45, 7) is 4.02. The number of aromatic amines is 1. The third-order valence-corrected chi connectivity index (χ3v) is 4.30. The van der Waals surface area contributed by atoms with Crippen molar-refractivity contribution in [2.75, 3.05) is 17.2 Å². The Labute approximate surface area is 161 Å². The van der Waals surface area contributed by atoms with Gasteiger partial charge in [-0.15, -0.1) is 0 Å². The van der Waals surface area contributed by atoms with Crippen molar-refractivity contribution < 1.29 is 14.3 Å². The van der Waals surface area contributed by atoms with Gasteiger partial charge >= 0.3 is 5.97 Å². The first-order chi connectivity index (χ1) is 13.5. The molecule has 9 heteroatoms. The average molecular weight is 385 g/mol. The molecule has 0 aliphatic heterocycles. The van der Waals surface area contributed by atoms with Gasteiger partial charge < -0.3 is 20.4 Å². The highest BCUT2D eigenvalue weighted by Gasteiger charge is 2.29. The molecule has 1 aliphatic rings. The van der Waals surface area contributed by atoms with Gasteiger partial charge in [-0.1, -0.05) is 13.3 Å². The maximum absolute atomic E-state index is 12.4. The van der Waals surface area contributed by atoms with Gasteiger partial charge in [0.2, 0.25) is 5.91 Å². The molecule has 0 unspecified atom stereocenters. The van der Waals surface area contributed by atoms with E-state index < -0.39 is 11.5 Å². The lowest BCUT2D eigenvalue weighted by molar-refractivity contribution is -0.117. The molecule has 1 amide bonds. The zero-order valence-electron chi connectivity index (χ0n) is 15.9. The van der Waals surface area contributed by atoms with E-state index in [2.05, 4.69) is 25.6 Å². The smallest absolute Gasteiger partial charge is 0.355 e. The summed E-state index contributed by atoms with van der Waals surface area (Å²) in [5.74, 6) is 0.149. The molecule has 0 bridgehead atoms. The number of esters is 1. The van der Waals surface area contributed by atoms with E-state index in [1.54, 1.807) is 19.1 Å². The highest BCUT2D eigenvalue weighted by Crippen LogP contribution is 2.30. The quantitative estimate of drug-likeness (QED) is 0.471. The van der Waals surface area contributed by atoms with Gasteiger partial charge in [0.1, 0.15) is 29.3 Å². The van der Waals surface area contributed by atoms with Crippen molar-refractivity contribution in [1.82, 2.24) is 15.0 Å². The van der Waals surface area contributed by atoms with Crippen LogP contribution in [0.1, 0.15) is 48.7 Å². The summed E-state index contributed by atoms with van der Waals surface area (Å²) in [5.41, 5.74) is 0.447. The molecule has 0 radical (unpaired) electrons. The van der Waals surface area contributed by atoms with Crippen molar-refractivity contribution in [3.63, 3.8) is 0 Å². The predicted molar refractivity (Wildman–Crippen MR) is 104 cm³/mol. The highest BCUT2D eigenvalue weighted by atomic mass is 16.5. The fourth-order valence-electron chi connectivity index (χ4n) is 2.53. The summed E-state index contributed by atoms with van der Waals surface area (Å²) < 4.78 is 5.15. The molecule has 0 saturated heterocycles. The van der Waals surface area contributed by atoms with E-state index in [0.29, 0.717) is 23.8 Å². The standard InChI is InChI=1S/C19H23N5O4/c1-3-4-7-28-19(27)16-11(2)8-13(18(26)24-16)22-14-9-15(21-10-20-14)23-17(25)12-5-6-12/h8-10,12H,3-7H2,1-2H3,(H,24,26)(H2,20,21,22,23,25). The van der Waals surface area contributed by atoms with Crippen LogP contribution in [-0.4, -0.2) is 33.4 Å². The Balaban J connectivity index is 1.72. The highest BCUT2D eigenvalue weighted by molar-refractivity contribution is 5.93. The molecule has 0 atom stereocenters.